The van der Waals surface area contributed by atoms with E-state index >= 15 is 0 Å². The third kappa shape index (κ3) is 3.14. The van der Waals surface area contributed by atoms with E-state index in [-0.39, 0.29) is 18.0 Å². The summed E-state index contributed by atoms with van der Waals surface area (Å²) in [5.41, 5.74) is 1.87. The molecule has 0 saturated carbocycles. The number of hydrogen-bond donors (Lipinski definition) is 0. The van der Waals surface area contributed by atoms with Crippen molar-refractivity contribution >= 4 is 33.8 Å². The van der Waals surface area contributed by atoms with Gasteiger partial charge < -0.3 is 9.64 Å². The molecule has 0 N–H and O–H groups in total. The van der Waals surface area contributed by atoms with E-state index in [0.717, 1.165) is 21.8 Å². The van der Waals surface area contributed by atoms with E-state index < -0.39 is 0 Å². The first kappa shape index (κ1) is 18.5. The number of carbonyl (C=O) groups excluding carboxylic acids is 2. The number of piperazine rings is 1. The second kappa shape index (κ2) is 7.64. The van der Waals surface area contributed by atoms with Crippen LogP contribution in [0.2, 0.25) is 0 Å². The number of rotatable bonds is 3. The van der Waals surface area contributed by atoms with Crippen LogP contribution in [0.1, 0.15) is 18.6 Å². The number of ether oxygens (including phenoxy) is 1. The molecule has 3 aromatic rings. The number of benzene rings is 2. The predicted octanol–water partition coefficient (Wildman–Crippen LogP) is 3.60. The van der Waals surface area contributed by atoms with Crippen LogP contribution in [-0.2, 0) is 4.74 Å². The Balaban J connectivity index is 1.59. The molecule has 1 fully saturated rings. The van der Waals surface area contributed by atoms with E-state index in [0.29, 0.717) is 32.8 Å². The minimum absolute atomic E-state index is 0.0574. The zero-order valence-electron chi connectivity index (χ0n) is 16.3. The van der Waals surface area contributed by atoms with Gasteiger partial charge in [-0.15, -0.1) is 0 Å². The SMILES string of the molecule is CCOC(=O)N1CCN([C@@H](C)C(=O)n2c3ccccc3c3ccccc32)CC1. The molecule has 1 atom stereocenters. The molecule has 1 aromatic heterocycles. The van der Waals surface area contributed by atoms with Crippen LogP contribution in [-0.4, -0.2) is 65.2 Å². The van der Waals surface area contributed by atoms with Crippen molar-refractivity contribution in [1.29, 1.82) is 0 Å². The second-order valence-electron chi connectivity index (χ2n) is 7.11. The van der Waals surface area contributed by atoms with Crippen molar-refractivity contribution in [3.8, 4) is 0 Å². The van der Waals surface area contributed by atoms with Crippen molar-refractivity contribution < 1.29 is 14.3 Å². The summed E-state index contributed by atoms with van der Waals surface area (Å²) in [6, 6.07) is 15.8. The molecule has 2 heterocycles. The van der Waals surface area contributed by atoms with E-state index in [1.165, 1.54) is 0 Å². The van der Waals surface area contributed by atoms with E-state index in [1.807, 2.05) is 47.9 Å². The molecule has 1 aliphatic rings. The minimum atomic E-state index is -0.275. The van der Waals surface area contributed by atoms with Gasteiger partial charge in [0, 0.05) is 37.0 Å². The third-order valence-electron chi connectivity index (χ3n) is 5.55. The fraction of sp³-hybridized carbons (Fsp3) is 0.364. The topological polar surface area (TPSA) is 54.8 Å². The van der Waals surface area contributed by atoms with Crippen molar-refractivity contribution in [3.63, 3.8) is 0 Å². The maximum absolute atomic E-state index is 13.5. The first-order valence-corrected chi connectivity index (χ1v) is 9.80. The van der Waals surface area contributed by atoms with Crippen molar-refractivity contribution in [2.45, 2.75) is 19.9 Å². The zero-order valence-corrected chi connectivity index (χ0v) is 16.3. The zero-order chi connectivity index (χ0) is 19.7. The van der Waals surface area contributed by atoms with Crippen molar-refractivity contribution in [2.24, 2.45) is 0 Å². The van der Waals surface area contributed by atoms with Gasteiger partial charge in [-0.05, 0) is 26.0 Å². The monoisotopic (exact) mass is 379 g/mol. The summed E-state index contributed by atoms with van der Waals surface area (Å²) < 4.78 is 6.92. The van der Waals surface area contributed by atoms with Crippen LogP contribution in [0.3, 0.4) is 0 Å². The Kier molecular flexibility index (Phi) is 5.05. The van der Waals surface area contributed by atoms with Crippen molar-refractivity contribution in [2.75, 3.05) is 32.8 Å². The molecule has 1 aliphatic heterocycles. The highest BCUT2D eigenvalue weighted by atomic mass is 16.6. The number of hydrogen-bond acceptors (Lipinski definition) is 4. The minimum Gasteiger partial charge on any atom is -0.450 e. The van der Waals surface area contributed by atoms with Gasteiger partial charge in [0.1, 0.15) is 0 Å². The third-order valence-corrected chi connectivity index (χ3v) is 5.55. The molecule has 6 nitrogen and oxygen atoms in total. The van der Waals surface area contributed by atoms with Crippen molar-refractivity contribution in [3.05, 3.63) is 48.5 Å². The lowest BCUT2D eigenvalue weighted by Gasteiger charge is -2.36. The average Bonchev–Trinajstić information content (AvgIpc) is 3.07. The Bertz CT molecular complexity index is 965. The fourth-order valence-corrected chi connectivity index (χ4v) is 4.01. The van der Waals surface area contributed by atoms with Crippen LogP contribution in [0.15, 0.2) is 48.5 Å². The molecule has 28 heavy (non-hydrogen) atoms. The summed E-state index contributed by atoms with van der Waals surface area (Å²) in [6.45, 7) is 6.59. The van der Waals surface area contributed by atoms with Gasteiger partial charge in [0.25, 0.3) is 0 Å². The molecule has 1 saturated heterocycles. The average molecular weight is 379 g/mol. The molecule has 0 radical (unpaired) electrons. The van der Waals surface area contributed by atoms with Gasteiger partial charge >= 0.3 is 6.09 Å². The van der Waals surface area contributed by atoms with Gasteiger partial charge in [-0.3, -0.25) is 14.3 Å². The van der Waals surface area contributed by atoms with Gasteiger partial charge in [-0.2, -0.15) is 0 Å². The molecule has 0 spiro atoms. The molecule has 146 valence electrons. The number of aromatic nitrogens is 1. The molecule has 0 unspecified atom stereocenters. The van der Waals surface area contributed by atoms with Gasteiger partial charge in [-0.1, -0.05) is 36.4 Å². The van der Waals surface area contributed by atoms with Crippen molar-refractivity contribution in [1.82, 2.24) is 14.4 Å². The summed E-state index contributed by atoms with van der Waals surface area (Å²) in [5, 5.41) is 2.18. The van der Waals surface area contributed by atoms with Gasteiger partial charge in [0.15, 0.2) is 0 Å². The normalized spacial score (nSPS) is 16.4. The lowest BCUT2D eigenvalue weighted by molar-refractivity contribution is 0.0561. The highest BCUT2D eigenvalue weighted by Gasteiger charge is 2.30. The summed E-state index contributed by atoms with van der Waals surface area (Å²) in [5.74, 6) is 0.0574. The number of amides is 1. The highest BCUT2D eigenvalue weighted by Crippen LogP contribution is 2.29. The molecular weight excluding hydrogens is 354 g/mol. The molecule has 0 bridgehead atoms. The van der Waals surface area contributed by atoms with Crippen LogP contribution in [0, 0.1) is 0 Å². The number of carbonyl (C=O) groups is 2. The first-order valence-electron chi connectivity index (χ1n) is 9.80. The molecule has 1 amide bonds. The Morgan fingerprint density at radius 2 is 1.46 bits per heavy atom. The van der Waals surface area contributed by atoms with E-state index in [1.54, 1.807) is 11.8 Å². The van der Waals surface area contributed by atoms with Crippen LogP contribution in [0.25, 0.3) is 21.8 Å². The first-order chi connectivity index (χ1) is 13.6. The lowest BCUT2D eigenvalue weighted by atomic mass is 10.2. The maximum atomic E-state index is 13.5. The quantitative estimate of drug-likeness (QED) is 0.698. The molecule has 2 aromatic carbocycles. The number of nitrogens with zero attached hydrogens (tertiary/aromatic N) is 3. The maximum Gasteiger partial charge on any atom is 0.409 e. The molecule has 4 rings (SSSR count). The number of fused-ring (bicyclic) bond motifs is 3. The smallest absolute Gasteiger partial charge is 0.409 e. The van der Waals surface area contributed by atoms with Crippen LogP contribution in [0.5, 0.6) is 0 Å². The Labute approximate surface area is 164 Å². The molecule has 6 heteroatoms. The summed E-state index contributed by atoms with van der Waals surface area (Å²) in [7, 11) is 0. The number of para-hydroxylation sites is 2. The summed E-state index contributed by atoms with van der Waals surface area (Å²) in [6.07, 6.45) is -0.275. The van der Waals surface area contributed by atoms with Gasteiger partial charge in [0.2, 0.25) is 5.91 Å². The predicted molar refractivity (Wildman–Crippen MR) is 110 cm³/mol. The summed E-state index contributed by atoms with van der Waals surface area (Å²) >= 11 is 0. The van der Waals surface area contributed by atoms with Gasteiger partial charge in [-0.25, -0.2) is 4.79 Å². The standard InChI is InChI=1S/C22H25N3O3/c1-3-28-22(27)24-14-12-23(13-15-24)16(2)21(26)25-19-10-6-4-8-17(19)18-9-5-7-11-20(18)25/h4-11,16H,3,12-15H2,1-2H3/t16-/m0/s1. The summed E-state index contributed by atoms with van der Waals surface area (Å²) in [4.78, 5) is 29.2. The second-order valence-corrected chi connectivity index (χ2v) is 7.11. The highest BCUT2D eigenvalue weighted by molar-refractivity contribution is 6.13. The Morgan fingerprint density at radius 1 is 0.929 bits per heavy atom. The van der Waals surface area contributed by atoms with Gasteiger partial charge in [0.05, 0.1) is 23.7 Å². The Hall–Kier alpha value is -2.86. The van der Waals surface area contributed by atoms with Crippen LogP contribution < -0.4 is 0 Å². The fourth-order valence-electron chi connectivity index (χ4n) is 4.01. The van der Waals surface area contributed by atoms with E-state index in [4.69, 9.17) is 4.74 Å². The van der Waals surface area contributed by atoms with Crippen LogP contribution in [0.4, 0.5) is 4.79 Å². The van der Waals surface area contributed by atoms with Crippen LogP contribution >= 0.6 is 0 Å². The largest absolute Gasteiger partial charge is 0.450 e. The molecule has 0 aliphatic carbocycles. The molecular formula is C22H25N3O3. The van der Waals surface area contributed by atoms with E-state index in [2.05, 4.69) is 17.0 Å². The van der Waals surface area contributed by atoms with E-state index in [9.17, 15) is 9.59 Å². The lowest BCUT2D eigenvalue weighted by Crippen LogP contribution is -2.53. The Morgan fingerprint density at radius 3 is 2.00 bits per heavy atom.